The van der Waals surface area contributed by atoms with Gasteiger partial charge in [0.15, 0.2) is 0 Å². The number of hydrogen-bond acceptors (Lipinski definition) is 4. The molecule has 0 aromatic heterocycles. The number of anilines is 3. The van der Waals surface area contributed by atoms with E-state index in [9.17, 15) is 22.8 Å². The van der Waals surface area contributed by atoms with Gasteiger partial charge in [-0.2, -0.15) is 13.2 Å². The summed E-state index contributed by atoms with van der Waals surface area (Å²) in [5.74, 6) is 0.314. The maximum absolute atomic E-state index is 13.4. The summed E-state index contributed by atoms with van der Waals surface area (Å²) in [5, 5.41) is 8.22. The van der Waals surface area contributed by atoms with Gasteiger partial charge in [0.25, 0.3) is 5.91 Å². The van der Waals surface area contributed by atoms with Crippen LogP contribution >= 0.6 is 0 Å². The number of amides is 3. The molecule has 3 amide bonds. The summed E-state index contributed by atoms with van der Waals surface area (Å²) in [4.78, 5) is 28.3. The summed E-state index contributed by atoms with van der Waals surface area (Å²) in [5.41, 5.74) is 2.38. The molecule has 2 saturated heterocycles. The van der Waals surface area contributed by atoms with Crippen molar-refractivity contribution in [1.29, 1.82) is 0 Å². The zero-order chi connectivity index (χ0) is 29.5. The van der Waals surface area contributed by atoms with E-state index in [4.69, 9.17) is 4.74 Å². The van der Waals surface area contributed by atoms with E-state index in [0.717, 1.165) is 63.0 Å². The topological polar surface area (TPSA) is 82.7 Å². The van der Waals surface area contributed by atoms with Gasteiger partial charge in [0.05, 0.1) is 17.2 Å². The van der Waals surface area contributed by atoms with Crippen molar-refractivity contribution in [2.45, 2.75) is 44.4 Å². The van der Waals surface area contributed by atoms with Crippen LogP contribution in [0.4, 0.5) is 35.0 Å². The highest BCUT2D eigenvalue weighted by atomic mass is 19.4. The number of piperidine rings is 1. The standard InChI is InChI=1S/C32H35F3N4O3/c33-32(34,35)24-8-10-25(11-9-24)37-31(41)38-26-12-13-29(28(20-26)30(40)36-21-27-7-4-18-42-27)39-16-14-23(15-17-39)19-22-5-2-1-3-6-22/h1-3,5-6,8-13,20,23,27H,4,7,14-19,21H2,(H,36,40)(H2,37,38,41)/t27-/m0/s1. The number of nitrogens with zero attached hydrogens (tertiary/aromatic N) is 1. The number of rotatable bonds is 8. The molecule has 2 aliphatic heterocycles. The number of ether oxygens (including phenoxy) is 1. The third-order valence-corrected chi connectivity index (χ3v) is 7.81. The Morgan fingerprint density at radius 2 is 1.57 bits per heavy atom. The maximum atomic E-state index is 13.4. The normalized spacial score (nSPS) is 17.6. The van der Waals surface area contributed by atoms with E-state index in [1.165, 1.54) is 17.7 Å². The number of alkyl halides is 3. The first-order valence-corrected chi connectivity index (χ1v) is 14.3. The van der Waals surface area contributed by atoms with Gasteiger partial charge in [-0.05, 0) is 86.1 Å². The number of halogens is 3. The second kappa shape index (κ2) is 13.3. The molecule has 1 atom stereocenters. The predicted molar refractivity (Wildman–Crippen MR) is 157 cm³/mol. The number of urea groups is 1. The SMILES string of the molecule is O=C(Nc1ccc(C(F)(F)F)cc1)Nc1ccc(N2CCC(Cc3ccccc3)CC2)c(C(=O)NC[C@@H]2CCCO2)c1. The van der Waals surface area contributed by atoms with Gasteiger partial charge in [-0.3, -0.25) is 4.79 Å². The smallest absolute Gasteiger partial charge is 0.376 e. The summed E-state index contributed by atoms with van der Waals surface area (Å²) in [7, 11) is 0. The molecule has 42 heavy (non-hydrogen) atoms. The van der Waals surface area contributed by atoms with Crippen molar-refractivity contribution in [1.82, 2.24) is 5.32 Å². The van der Waals surface area contributed by atoms with Crippen LogP contribution in [0.25, 0.3) is 0 Å². The first-order valence-electron chi connectivity index (χ1n) is 14.3. The van der Waals surface area contributed by atoms with Crippen molar-refractivity contribution < 1.29 is 27.5 Å². The van der Waals surface area contributed by atoms with Crippen molar-refractivity contribution in [3.8, 4) is 0 Å². The highest BCUT2D eigenvalue weighted by Crippen LogP contribution is 2.31. The van der Waals surface area contributed by atoms with E-state index < -0.39 is 17.8 Å². The van der Waals surface area contributed by atoms with Crippen LogP contribution < -0.4 is 20.9 Å². The Kier molecular flexibility index (Phi) is 9.31. The number of carbonyl (C=O) groups is 2. The Balaban J connectivity index is 1.26. The highest BCUT2D eigenvalue weighted by molar-refractivity contribution is 6.04. The molecule has 3 N–H and O–H groups in total. The van der Waals surface area contributed by atoms with E-state index in [1.54, 1.807) is 12.1 Å². The summed E-state index contributed by atoms with van der Waals surface area (Å²) in [6.07, 6.45) is 0.427. The Labute approximate surface area is 243 Å². The monoisotopic (exact) mass is 580 g/mol. The largest absolute Gasteiger partial charge is 0.416 e. The first-order chi connectivity index (χ1) is 20.2. The van der Waals surface area contributed by atoms with Crippen LogP contribution in [0.15, 0.2) is 72.8 Å². The van der Waals surface area contributed by atoms with Crippen LogP contribution in [-0.2, 0) is 17.3 Å². The molecule has 2 aliphatic rings. The Morgan fingerprint density at radius 3 is 2.24 bits per heavy atom. The Bertz CT molecular complexity index is 1350. The lowest BCUT2D eigenvalue weighted by molar-refractivity contribution is -0.137. The first kappa shape index (κ1) is 29.4. The second-order valence-corrected chi connectivity index (χ2v) is 10.9. The molecular weight excluding hydrogens is 545 g/mol. The van der Waals surface area contributed by atoms with Crippen molar-refractivity contribution in [3.63, 3.8) is 0 Å². The summed E-state index contributed by atoms with van der Waals surface area (Å²) in [6, 6.07) is 19.2. The minimum absolute atomic E-state index is 0.0121. The Morgan fingerprint density at radius 1 is 0.881 bits per heavy atom. The molecule has 0 unspecified atom stereocenters. The maximum Gasteiger partial charge on any atom is 0.416 e. The molecule has 3 aromatic rings. The number of nitrogens with one attached hydrogen (secondary N) is 3. The van der Waals surface area contributed by atoms with Gasteiger partial charge in [-0.15, -0.1) is 0 Å². The molecule has 0 radical (unpaired) electrons. The molecule has 2 heterocycles. The lowest BCUT2D eigenvalue weighted by Gasteiger charge is -2.35. The predicted octanol–water partition coefficient (Wildman–Crippen LogP) is 6.72. The molecule has 2 fully saturated rings. The zero-order valence-corrected chi connectivity index (χ0v) is 23.3. The van der Waals surface area contributed by atoms with Crippen LogP contribution in [-0.4, -0.2) is 44.3 Å². The van der Waals surface area contributed by atoms with Crippen molar-refractivity contribution in [2.24, 2.45) is 5.92 Å². The van der Waals surface area contributed by atoms with Crippen LogP contribution in [0.5, 0.6) is 0 Å². The quantitative estimate of drug-likeness (QED) is 0.276. The molecule has 0 spiro atoms. The van der Waals surface area contributed by atoms with E-state index >= 15 is 0 Å². The van der Waals surface area contributed by atoms with E-state index in [-0.39, 0.29) is 17.7 Å². The van der Waals surface area contributed by atoms with Gasteiger partial charge >= 0.3 is 12.2 Å². The molecular formula is C32H35F3N4O3. The lowest BCUT2D eigenvalue weighted by Crippen LogP contribution is -2.37. The summed E-state index contributed by atoms with van der Waals surface area (Å²) >= 11 is 0. The number of carbonyl (C=O) groups excluding carboxylic acids is 2. The molecule has 5 rings (SSSR count). The summed E-state index contributed by atoms with van der Waals surface area (Å²) < 4.78 is 44.2. The Hall–Kier alpha value is -4.05. The van der Waals surface area contributed by atoms with Crippen molar-refractivity contribution >= 4 is 29.0 Å². The average molecular weight is 581 g/mol. The fraction of sp³-hybridized carbons (Fsp3) is 0.375. The van der Waals surface area contributed by atoms with Crippen LogP contribution in [0, 0.1) is 5.92 Å². The average Bonchev–Trinajstić information content (AvgIpc) is 3.51. The van der Waals surface area contributed by atoms with Crippen LogP contribution in [0.2, 0.25) is 0 Å². The van der Waals surface area contributed by atoms with Gasteiger partial charge in [0, 0.05) is 43.3 Å². The van der Waals surface area contributed by atoms with Crippen molar-refractivity contribution in [2.75, 3.05) is 41.8 Å². The fourth-order valence-electron chi connectivity index (χ4n) is 5.54. The van der Waals surface area contributed by atoms with Crippen molar-refractivity contribution in [3.05, 3.63) is 89.5 Å². The van der Waals surface area contributed by atoms with E-state index in [0.29, 0.717) is 30.3 Å². The molecule has 0 bridgehead atoms. The fourth-order valence-corrected chi connectivity index (χ4v) is 5.54. The van der Waals surface area contributed by atoms with Gasteiger partial charge in [-0.1, -0.05) is 30.3 Å². The van der Waals surface area contributed by atoms with Crippen LogP contribution in [0.3, 0.4) is 0 Å². The molecule has 0 aliphatic carbocycles. The third kappa shape index (κ3) is 7.82. The number of hydrogen-bond donors (Lipinski definition) is 3. The van der Waals surface area contributed by atoms with Gasteiger partial charge in [-0.25, -0.2) is 4.79 Å². The number of benzene rings is 3. The zero-order valence-electron chi connectivity index (χ0n) is 23.3. The van der Waals surface area contributed by atoms with Gasteiger partial charge < -0.3 is 25.6 Å². The molecule has 10 heteroatoms. The molecule has 7 nitrogen and oxygen atoms in total. The van der Waals surface area contributed by atoms with Gasteiger partial charge in [0.1, 0.15) is 0 Å². The lowest BCUT2D eigenvalue weighted by atomic mass is 9.89. The second-order valence-electron chi connectivity index (χ2n) is 10.9. The third-order valence-electron chi connectivity index (χ3n) is 7.81. The highest BCUT2D eigenvalue weighted by Gasteiger charge is 2.30. The van der Waals surface area contributed by atoms with E-state index in [1.807, 2.05) is 12.1 Å². The molecule has 3 aromatic carbocycles. The van der Waals surface area contributed by atoms with Crippen LogP contribution in [0.1, 0.15) is 47.2 Å². The van der Waals surface area contributed by atoms with E-state index in [2.05, 4.69) is 45.1 Å². The molecule has 0 saturated carbocycles. The minimum Gasteiger partial charge on any atom is -0.376 e. The minimum atomic E-state index is -4.46. The summed E-state index contributed by atoms with van der Waals surface area (Å²) in [6.45, 7) is 2.72. The van der Waals surface area contributed by atoms with Gasteiger partial charge in [0.2, 0.25) is 0 Å². The molecule has 222 valence electrons.